The number of aromatic nitrogens is 2. The van der Waals surface area contributed by atoms with Gasteiger partial charge in [-0.1, -0.05) is 30.3 Å². The predicted octanol–water partition coefficient (Wildman–Crippen LogP) is 2.20. The molecule has 1 aromatic carbocycles. The molecule has 2 heterocycles. The highest BCUT2D eigenvalue weighted by molar-refractivity contribution is 5.15. The van der Waals surface area contributed by atoms with Crippen LogP contribution in [0.25, 0.3) is 0 Å². The third-order valence-electron chi connectivity index (χ3n) is 4.70. The van der Waals surface area contributed by atoms with Gasteiger partial charge in [0, 0.05) is 25.5 Å². The van der Waals surface area contributed by atoms with Crippen LogP contribution in [0.2, 0.25) is 0 Å². The lowest BCUT2D eigenvalue weighted by atomic mass is 9.88. The van der Waals surface area contributed by atoms with E-state index in [1.807, 2.05) is 36.9 Å². The summed E-state index contributed by atoms with van der Waals surface area (Å²) in [4.78, 5) is 6.56. The minimum Gasteiger partial charge on any atom is -0.392 e. The summed E-state index contributed by atoms with van der Waals surface area (Å²) in [6.07, 6.45) is 8.47. The first-order valence-electron chi connectivity index (χ1n) is 8.21. The van der Waals surface area contributed by atoms with E-state index >= 15 is 0 Å². The van der Waals surface area contributed by atoms with Crippen LogP contribution in [0.3, 0.4) is 0 Å². The van der Waals surface area contributed by atoms with Crippen molar-refractivity contribution in [2.45, 2.75) is 31.9 Å². The van der Waals surface area contributed by atoms with Gasteiger partial charge in [0.2, 0.25) is 0 Å². The molecule has 1 N–H and O–H groups in total. The van der Waals surface area contributed by atoms with Crippen molar-refractivity contribution in [2.24, 2.45) is 5.92 Å². The van der Waals surface area contributed by atoms with Gasteiger partial charge < -0.3 is 14.6 Å². The van der Waals surface area contributed by atoms with E-state index in [-0.39, 0.29) is 6.10 Å². The number of rotatable bonds is 6. The number of aliphatic hydroxyl groups excluding tert-OH is 1. The third-order valence-corrected chi connectivity index (χ3v) is 4.70. The fraction of sp³-hybridized carbons (Fsp3) is 0.500. The molecule has 1 unspecified atom stereocenters. The molecular weight excluding hydrogens is 274 g/mol. The Morgan fingerprint density at radius 1 is 1.14 bits per heavy atom. The summed E-state index contributed by atoms with van der Waals surface area (Å²) in [5.74, 6) is 0.435. The van der Waals surface area contributed by atoms with Crippen LogP contribution < -0.4 is 0 Å². The van der Waals surface area contributed by atoms with Crippen LogP contribution >= 0.6 is 0 Å². The average molecular weight is 299 g/mol. The van der Waals surface area contributed by atoms with Crippen molar-refractivity contribution >= 4 is 0 Å². The molecular formula is C18H25N3O. The maximum atomic E-state index is 10.5. The quantitative estimate of drug-likeness (QED) is 0.889. The molecule has 0 amide bonds. The molecule has 22 heavy (non-hydrogen) atoms. The van der Waals surface area contributed by atoms with E-state index < -0.39 is 0 Å². The van der Waals surface area contributed by atoms with Crippen molar-refractivity contribution < 1.29 is 5.11 Å². The van der Waals surface area contributed by atoms with Gasteiger partial charge in [0.1, 0.15) is 0 Å². The maximum Gasteiger partial charge on any atom is 0.0946 e. The molecule has 0 aliphatic carbocycles. The van der Waals surface area contributed by atoms with Crippen LogP contribution in [0, 0.1) is 5.92 Å². The van der Waals surface area contributed by atoms with Gasteiger partial charge in [-0.05, 0) is 43.8 Å². The van der Waals surface area contributed by atoms with Gasteiger partial charge in [0.05, 0.1) is 12.4 Å². The van der Waals surface area contributed by atoms with Crippen LogP contribution in [-0.2, 0) is 13.0 Å². The Morgan fingerprint density at radius 3 is 2.59 bits per heavy atom. The minimum atomic E-state index is -0.210. The highest BCUT2D eigenvalue weighted by Gasteiger charge is 2.25. The van der Waals surface area contributed by atoms with Gasteiger partial charge in [-0.3, -0.25) is 0 Å². The SMILES string of the molecule is OC(Cc1ccccc1)C1CCN(CCn2ccnc2)CC1. The van der Waals surface area contributed by atoms with Crippen LogP contribution in [-0.4, -0.2) is 45.3 Å². The molecule has 1 aromatic heterocycles. The summed E-state index contributed by atoms with van der Waals surface area (Å²) in [7, 11) is 0. The highest BCUT2D eigenvalue weighted by Crippen LogP contribution is 2.23. The normalized spacial score (nSPS) is 18.4. The van der Waals surface area contributed by atoms with Crippen molar-refractivity contribution in [3.63, 3.8) is 0 Å². The average Bonchev–Trinajstić information content (AvgIpc) is 3.08. The molecule has 0 bridgehead atoms. The number of imidazole rings is 1. The van der Waals surface area contributed by atoms with E-state index in [0.29, 0.717) is 5.92 Å². The van der Waals surface area contributed by atoms with E-state index in [1.165, 1.54) is 5.56 Å². The number of hydrogen-bond donors (Lipinski definition) is 1. The fourth-order valence-electron chi connectivity index (χ4n) is 3.26. The number of benzene rings is 1. The Morgan fingerprint density at radius 2 is 1.91 bits per heavy atom. The van der Waals surface area contributed by atoms with Gasteiger partial charge in [-0.15, -0.1) is 0 Å². The Kier molecular flexibility index (Phi) is 5.24. The van der Waals surface area contributed by atoms with Crippen molar-refractivity contribution in [3.8, 4) is 0 Å². The molecule has 2 aromatic rings. The highest BCUT2D eigenvalue weighted by atomic mass is 16.3. The Labute approximate surface area is 132 Å². The van der Waals surface area contributed by atoms with Gasteiger partial charge in [-0.25, -0.2) is 4.98 Å². The van der Waals surface area contributed by atoms with Crippen LogP contribution in [0.1, 0.15) is 18.4 Å². The minimum absolute atomic E-state index is 0.210. The van der Waals surface area contributed by atoms with E-state index in [1.54, 1.807) is 0 Å². The first-order chi connectivity index (χ1) is 10.8. The zero-order valence-corrected chi connectivity index (χ0v) is 13.0. The molecule has 1 aliphatic heterocycles. The molecule has 118 valence electrons. The van der Waals surface area contributed by atoms with Gasteiger partial charge in [-0.2, -0.15) is 0 Å². The summed E-state index contributed by atoms with van der Waals surface area (Å²) in [6, 6.07) is 10.3. The van der Waals surface area contributed by atoms with E-state index in [4.69, 9.17) is 0 Å². The van der Waals surface area contributed by atoms with E-state index in [2.05, 4.69) is 26.6 Å². The van der Waals surface area contributed by atoms with Crippen molar-refractivity contribution in [3.05, 3.63) is 54.6 Å². The number of piperidine rings is 1. The zero-order chi connectivity index (χ0) is 15.2. The van der Waals surface area contributed by atoms with E-state index in [9.17, 15) is 5.11 Å². The summed E-state index contributed by atoms with van der Waals surface area (Å²) >= 11 is 0. The predicted molar refractivity (Wildman–Crippen MR) is 87.5 cm³/mol. The lowest BCUT2D eigenvalue weighted by molar-refractivity contribution is 0.0588. The number of hydrogen-bond acceptors (Lipinski definition) is 3. The number of nitrogens with zero attached hydrogens (tertiary/aromatic N) is 3. The van der Waals surface area contributed by atoms with Crippen molar-refractivity contribution in [2.75, 3.05) is 19.6 Å². The summed E-state index contributed by atoms with van der Waals surface area (Å²) in [6.45, 7) is 4.24. The van der Waals surface area contributed by atoms with Crippen LogP contribution in [0.5, 0.6) is 0 Å². The standard InChI is InChI=1S/C18H25N3O/c22-18(14-16-4-2-1-3-5-16)17-6-9-20(10-7-17)12-13-21-11-8-19-15-21/h1-5,8,11,15,17-18,22H,6-7,9-10,12-14H2. The zero-order valence-electron chi connectivity index (χ0n) is 13.0. The second-order valence-electron chi connectivity index (χ2n) is 6.24. The van der Waals surface area contributed by atoms with E-state index in [0.717, 1.165) is 45.4 Å². The molecule has 1 atom stereocenters. The lowest BCUT2D eigenvalue weighted by Gasteiger charge is -2.34. The molecule has 1 saturated heterocycles. The molecule has 4 nitrogen and oxygen atoms in total. The Hall–Kier alpha value is -1.65. The molecule has 1 fully saturated rings. The van der Waals surface area contributed by atoms with Gasteiger partial charge in [0.25, 0.3) is 0 Å². The Balaban J connectivity index is 1.41. The number of aliphatic hydroxyl groups is 1. The van der Waals surface area contributed by atoms with Crippen LogP contribution in [0.15, 0.2) is 49.1 Å². The first kappa shape index (κ1) is 15.3. The van der Waals surface area contributed by atoms with Gasteiger partial charge in [0.15, 0.2) is 0 Å². The molecule has 0 saturated carbocycles. The fourth-order valence-corrected chi connectivity index (χ4v) is 3.26. The summed E-state index contributed by atoms with van der Waals surface area (Å²) in [5.41, 5.74) is 1.23. The number of likely N-dealkylation sites (tertiary alicyclic amines) is 1. The topological polar surface area (TPSA) is 41.3 Å². The Bertz CT molecular complexity index is 533. The van der Waals surface area contributed by atoms with Crippen LogP contribution in [0.4, 0.5) is 0 Å². The first-order valence-corrected chi connectivity index (χ1v) is 8.21. The second-order valence-corrected chi connectivity index (χ2v) is 6.24. The molecule has 4 heteroatoms. The maximum absolute atomic E-state index is 10.5. The lowest BCUT2D eigenvalue weighted by Crippen LogP contribution is -2.39. The third kappa shape index (κ3) is 4.18. The van der Waals surface area contributed by atoms with Crippen molar-refractivity contribution in [1.29, 1.82) is 0 Å². The molecule has 1 aliphatic rings. The molecule has 0 radical (unpaired) electrons. The van der Waals surface area contributed by atoms with Gasteiger partial charge >= 0.3 is 0 Å². The van der Waals surface area contributed by atoms with Crippen molar-refractivity contribution in [1.82, 2.24) is 14.5 Å². The summed E-state index contributed by atoms with van der Waals surface area (Å²) < 4.78 is 2.12. The largest absolute Gasteiger partial charge is 0.392 e. The molecule has 3 rings (SSSR count). The smallest absolute Gasteiger partial charge is 0.0946 e. The second kappa shape index (κ2) is 7.56. The summed E-state index contributed by atoms with van der Waals surface area (Å²) in [5, 5.41) is 10.5. The monoisotopic (exact) mass is 299 g/mol. The molecule has 0 spiro atoms.